The normalized spacial score (nSPS) is 14.8. The topological polar surface area (TPSA) is 52.5 Å². The molecule has 90 valence electrons. The van der Waals surface area contributed by atoms with Crippen molar-refractivity contribution < 1.29 is 10.2 Å². The van der Waals surface area contributed by atoms with Crippen molar-refractivity contribution in [3.05, 3.63) is 29.3 Å². The van der Waals surface area contributed by atoms with Crippen LogP contribution in [0.15, 0.2) is 18.2 Å². The van der Waals surface area contributed by atoms with Gasteiger partial charge in [0, 0.05) is 17.6 Å². The van der Waals surface area contributed by atoms with E-state index in [0.29, 0.717) is 12.3 Å². The molecule has 0 aliphatic heterocycles. The van der Waals surface area contributed by atoms with E-state index in [2.05, 4.69) is 5.32 Å². The number of hydrogen-bond acceptors (Lipinski definition) is 3. The lowest BCUT2D eigenvalue weighted by atomic mass is 9.99. The summed E-state index contributed by atoms with van der Waals surface area (Å²) in [6.07, 6.45) is 0.843. The summed E-state index contributed by atoms with van der Waals surface area (Å²) in [5.74, 6) is 0.339. The highest BCUT2D eigenvalue weighted by Crippen LogP contribution is 2.22. The SMILES string of the molecule is CCC(C)(CO)NCc1cccc(C)c1O. The average Bonchev–Trinajstić information content (AvgIpc) is 2.31. The van der Waals surface area contributed by atoms with E-state index in [9.17, 15) is 10.2 Å². The largest absolute Gasteiger partial charge is 0.507 e. The molecule has 0 bridgehead atoms. The average molecular weight is 223 g/mol. The van der Waals surface area contributed by atoms with Crippen LogP contribution in [-0.2, 0) is 6.54 Å². The highest BCUT2D eigenvalue weighted by atomic mass is 16.3. The monoisotopic (exact) mass is 223 g/mol. The second-order valence-electron chi connectivity index (χ2n) is 4.51. The molecule has 0 saturated heterocycles. The smallest absolute Gasteiger partial charge is 0.122 e. The lowest BCUT2D eigenvalue weighted by Crippen LogP contribution is -2.44. The van der Waals surface area contributed by atoms with Crippen molar-refractivity contribution in [2.75, 3.05) is 6.61 Å². The van der Waals surface area contributed by atoms with Crippen LogP contribution in [0.4, 0.5) is 0 Å². The fourth-order valence-electron chi connectivity index (χ4n) is 1.46. The minimum Gasteiger partial charge on any atom is -0.507 e. The van der Waals surface area contributed by atoms with Gasteiger partial charge >= 0.3 is 0 Å². The van der Waals surface area contributed by atoms with Crippen molar-refractivity contribution in [1.82, 2.24) is 5.32 Å². The van der Waals surface area contributed by atoms with Crippen LogP contribution in [-0.4, -0.2) is 22.4 Å². The van der Waals surface area contributed by atoms with Gasteiger partial charge in [-0.25, -0.2) is 0 Å². The fourth-order valence-corrected chi connectivity index (χ4v) is 1.46. The summed E-state index contributed by atoms with van der Waals surface area (Å²) in [6, 6.07) is 5.70. The maximum Gasteiger partial charge on any atom is 0.122 e. The van der Waals surface area contributed by atoms with Crippen LogP contribution in [0.3, 0.4) is 0 Å². The number of nitrogens with one attached hydrogen (secondary N) is 1. The number of aromatic hydroxyl groups is 1. The molecular weight excluding hydrogens is 202 g/mol. The molecule has 3 nitrogen and oxygen atoms in total. The van der Waals surface area contributed by atoms with Gasteiger partial charge in [-0.1, -0.05) is 25.1 Å². The Labute approximate surface area is 97.1 Å². The maximum atomic E-state index is 9.84. The minimum absolute atomic E-state index is 0.0933. The van der Waals surface area contributed by atoms with Crippen molar-refractivity contribution in [1.29, 1.82) is 0 Å². The third kappa shape index (κ3) is 2.97. The van der Waals surface area contributed by atoms with Crippen molar-refractivity contribution in [3.8, 4) is 5.75 Å². The maximum absolute atomic E-state index is 9.84. The van der Waals surface area contributed by atoms with Gasteiger partial charge in [0.2, 0.25) is 0 Å². The first-order valence-electron chi connectivity index (χ1n) is 5.66. The molecule has 0 saturated carbocycles. The molecule has 0 aliphatic rings. The Morgan fingerprint density at radius 2 is 2.06 bits per heavy atom. The van der Waals surface area contributed by atoms with E-state index < -0.39 is 0 Å². The Hall–Kier alpha value is -1.06. The van der Waals surface area contributed by atoms with Crippen LogP contribution in [0.1, 0.15) is 31.4 Å². The van der Waals surface area contributed by atoms with Crippen molar-refractivity contribution in [3.63, 3.8) is 0 Å². The van der Waals surface area contributed by atoms with Crippen LogP contribution in [0.5, 0.6) is 5.75 Å². The zero-order valence-corrected chi connectivity index (χ0v) is 10.2. The van der Waals surface area contributed by atoms with E-state index in [1.807, 2.05) is 39.0 Å². The molecular formula is C13H21NO2. The van der Waals surface area contributed by atoms with Crippen molar-refractivity contribution >= 4 is 0 Å². The summed E-state index contributed by atoms with van der Waals surface area (Å²) in [6.45, 7) is 6.54. The molecule has 3 heteroatoms. The molecule has 1 unspecified atom stereocenters. The number of benzene rings is 1. The van der Waals surface area contributed by atoms with E-state index in [4.69, 9.17) is 0 Å². The van der Waals surface area contributed by atoms with Crippen LogP contribution < -0.4 is 5.32 Å². The van der Waals surface area contributed by atoms with Crippen LogP contribution in [0.2, 0.25) is 0 Å². The highest BCUT2D eigenvalue weighted by molar-refractivity contribution is 5.39. The zero-order chi connectivity index (χ0) is 12.2. The number of aliphatic hydroxyl groups is 1. The molecule has 1 aromatic carbocycles. The van der Waals surface area contributed by atoms with Gasteiger partial charge in [0.05, 0.1) is 6.61 Å². The Kier molecular flexibility index (Phi) is 4.33. The van der Waals surface area contributed by atoms with Gasteiger partial charge in [-0.05, 0) is 25.8 Å². The first-order valence-corrected chi connectivity index (χ1v) is 5.66. The molecule has 16 heavy (non-hydrogen) atoms. The number of phenolic OH excluding ortho intramolecular Hbond substituents is 1. The summed E-state index contributed by atoms with van der Waals surface area (Å²) in [7, 11) is 0. The van der Waals surface area contributed by atoms with Gasteiger partial charge < -0.3 is 15.5 Å². The summed E-state index contributed by atoms with van der Waals surface area (Å²) in [5.41, 5.74) is 1.46. The standard InChI is InChI=1S/C13H21NO2/c1-4-13(3,9-15)14-8-11-7-5-6-10(2)12(11)16/h5-7,14-16H,4,8-9H2,1-3H3. The minimum atomic E-state index is -0.282. The lowest BCUT2D eigenvalue weighted by Gasteiger charge is -2.27. The summed E-state index contributed by atoms with van der Waals surface area (Å²) >= 11 is 0. The molecule has 0 heterocycles. The molecule has 1 atom stereocenters. The Morgan fingerprint density at radius 1 is 1.38 bits per heavy atom. The quantitative estimate of drug-likeness (QED) is 0.715. The van der Waals surface area contributed by atoms with E-state index in [1.165, 1.54) is 0 Å². The van der Waals surface area contributed by atoms with Crippen LogP contribution in [0.25, 0.3) is 0 Å². The molecule has 1 rings (SSSR count). The fraction of sp³-hybridized carbons (Fsp3) is 0.538. The van der Waals surface area contributed by atoms with Crippen LogP contribution >= 0.6 is 0 Å². The second kappa shape index (κ2) is 5.32. The Bertz CT molecular complexity index is 346. The number of para-hydroxylation sites is 1. The summed E-state index contributed by atoms with van der Waals surface area (Å²) in [4.78, 5) is 0. The first-order chi connectivity index (χ1) is 7.52. The number of phenols is 1. The van der Waals surface area contributed by atoms with Gasteiger partial charge in [-0.3, -0.25) is 0 Å². The van der Waals surface area contributed by atoms with E-state index in [0.717, 1.165) is 17.5 Å². The predicted molar refractivity (Wildman–Crippen MR) is 65.5 cm³/mol. The van der Waals surface area contributed by atoms with Gasteiger partial charge in [-0.2, -0.15) is 0 Å². The predicted octanol–water partition coefficient (Wildman–Crippen LogP) is 1.95. The molecule has 0 spiro atoms. The van der Waals surface area contributed by atoms with Crippen molar-refractivity contribution in [2.45, 2.75) is 39.3 Å². The summed E-state index contributed by atoms with van der Waals surface area (Å²) < 4.78 is 0. The lowest BCUT2D eigenvalue weighted by molar-refractivity contribution is 0.168. The Morgan fingerprint density at radius 3 is 2.62 bits per heavy atom. The number of rotatable bonds is 5. The number of aryl methyl sites for hydroxylation is 1. The molecule has 0 radical (unpaired) electrons. The molecule has 3 N–H and O–H groups in total. The zero-order valence-electron chi connectivity index (χ0n) is 10.2. The summed E-state index contributed by atoms with van der Waals surface area (Å²) in [5, 5.41) is 22.4. The number of hydrogen-bond donors (Lipinski definition) is 3. The third-order valence-corrected chi connectivity index (χ3v) is 3.16. The highest BCUT2D eigenvalue weighted by Gasteiger charge is 2.20. The van der Waals surface area contributed by atoms with Crippen LogP contribution in [0, 0.1) is 6.92 Å². The number of aliphatic hydroxyl groups excluding tert-OH is 1. The molecule has 0 amide bonds. The third-order valence-electron chi connectivity index (χ3n) is 3.16. The molecule has 0 aromatic heterocycles. The van der Waals surface area contributed by atoms with Gasteiger partial charge in [0.15, 0.2) is 0 Å². The van der Waals surface area contributed by atoms with E-state index >= 15 is 0 Å². The van der Waals surface area contributed by atoms with Crippen molar-refractivity contribution in [2.24, 2.45) is 0 Å². The second-order valence-corrected chi connectivity index (χ2v) is 4.51. The van der Waals surface area contributed by atoms with Gasteiger partial charge in [0.25, 0.3) is 0 Å². The Balaban J connectivity index is 2.71. The molecule has 0 fully saturated rings. The molecule has 1 aromatic rings. The van der Waals surface area contributed by atoms with Gasteiger partial charge in [-0.15, -0.1) is 0 Å². The molecule has 0 aliphatic carbocycles. The van der Waals surface area contributed by atoms with E-state index in [1.54, 1.807) is 0 Å². The van der Waals surface area contributed by atoms with E-state index in [-0.39, 0.29) is 12.1 Å². The first kappa shape index (κ1) is 13.0. The van der Waals surface area contributed by atoms with Gasteiger partial charge in [0.1, 0.15) is 5.75 Å².